The second-order valence-corrected chi connectivity index (χ2v) is 6.01. The normalized spacial score (nSPS) is 15.9. The predicted octanol–water partition coefficient (Wildman–Crippen LogP) is 2.87. The van der Waals surface area contributed by atoms with E-state index in [0.717, 1.165) is 33.9 Å². The van der Waals surface area contributed by atoms with Crippen molar-refractivity contribution in [2.24, 2.45) is 0 Å². The number of hydrogen-bond acceptors (Lipinski definition) is 2. The summed E-state index contributed by atoms with van der Waals surface area (Å²) in [7, 11) is 0. The molecule has 1 heterocycles. The number of carbonyl (C=O) groups is 1. The smallest absolute Gasteiger partial charge is 0.321 e. The fourth-order valence-electron chi connectivity index (χ4n) is 1.54. The standard InChI is InChI=1S/C11H13IN2OS/c12-9-2-1-3-10(8-9)13-11(15)14-4-6-16-7-5-14/h1-3,8H,4-7H2,(H,13,15). The van der Waals surface area contributed by atoms with Gasteiger partial charge in [0.1, 0.15) is 0 Å². The minimum atomic E-state index is 0.0160. The molecule has 2 rings (SSSR count). The fraction of sp³-hybridized carbons (Fsp3) is 0.364. The second kappa shape index (κ2) is 5.77. The zero-order valence-corrected chi connectivity index (χ0v) is 11.8. The second-order valence-electron chi connectivity index (χ2n) is 3.54. The van der Waals surface area contributed by atoms with Gasteiger partial charge in [-0.25, -0.2) is 4.79 Å². The fourth-order valence-corrected chi connectivity index (χ4v) is 2.98. The molecule has 0 radical (unpaired) electrons. The van der Waals surface area contributed by atoms with Gasteiger partial charge in [0.15, 0.2) is 0 Å². The third-order valence-corrected chi connectivity index (χ3v) is 3.99. The van der Waals surface area contributed by atoms with Gasteiger partial charge >= 0.3 is 6.03 Å². The van der Waals surface area contributed by atoms with E-state index in [1.165, 1.54) is 0 Å². The minimum absolute atomic E-state index is 0.0160. The monoisotopic (exact) mass is 348 g/mol. The lowest BCUT2D eigenvalue weighted by Crippen LogP contribution is -2.40. The molecular formula is C11H13IN2OS. The summed E-state index contributed by atoms with van der Waals surface area (Å²) in [6.45, 7) is 1.70. The average Bonchev–Trinajstić information content (AvgIpc) is 2.30. The number of anilines is 1. The first-order chi connectivity index (χ1) is 7.75. The van der Waals surface area contributed by atoms with Crippen LogP contribution in [0.3, 0.4) is 0 Å². The van der Waals surface area contributed by atoms with Crippen LogP contribution in [0.2, 0.25) is 0 Å². The molecule has 1 aliphatic rings. The molecule has 1 aromatic rings. The van der Waals surface area contributed by atoms with Crippen LogP contribution in [0.15, 0.2) is 24.3 Å². The molecule has 3 nitrogen and oxygen atoms in total. The summed E-state index contributed by atoms with van der Waals surface area (Å²) in [5.41, 5.74) is 0.870. The number of rotatable bonds is 1. The lowest BCUT2D eigenvalue weighted by Gasteiger charge is -2.26. The van der Waals surface area contributed by atoms with Gasteiger partial charge in [-0.3, -0.25) is 0 Å². The van der Waals surface area contributed by atoms with Crippen LogP contribution in [-0.2, 0) is 0 Å². The van der Waals surface area contributed by atoms with Crippen LogP contribution in [0.4, 0.5) is 10.5 Å². The van der Waals surface area contributed by atoms with Crippen molar-refractivity contribution in [1.29, 1.82) is 0 Å². The first-order valence-electron chi connectivity index (χ1n) is 5.15. The van der Waals surface area contributed by atoms with Crippen LogP contribution in [0.25, 0.3) is 0 Å². The van der Waals surface area contributed by atoms with Crippen molar-refractivity contribution in [3.63, 3.8) is 0 Å². The van der Waals surface area contributed by atoms with E-state index in [4.69, 9.17) is 0 Å². The highest BCUT2D eigenvalue weighted by atomic mass is 127. The number of benzene rings is 1. The summed E-state index contributed by atoms with van der Waals surface area (Å²) in [6, 6.07) is 7.86. The van der Waals surface area contributed by atoms with E-state index in [0.29, 0.717) is 0 Å². The van der Waals surface area contributed by atoms with Gasteiger partial charge in [0.25, 0.3) is 0 Å². The van der Waals surface area contributed by atoms with Gasteiger partial charge in [-0.1, -0.05) is 6.07 Å². The average molecular weight is 348 g/mol. The number of hydrogen-bond donors (Lipinski definition) is 1. The third-order valence-electron chi connectivity index (χ3n) is 2.37. The van der Waals surface area contributed by atoms with E-state index >= 15 is 0 Å². The molecule has 0 aromatic heterocycles. The first-order valence-corrected chi connectivity index (χ1v) is 7.38. The Kier molecular flexibility index (Phi) is 4.34. The highest BCUT2D eigenvalue weighted by molar-refractivity contribution is 14.1. The molecule has 0 bridgehead atoms. The molecule has 1 aliphatic heterocycles. The summed E-state index contributed by atoms with van der Waals surface area (Å²) in [5.74, 6) is 2.08. The number of nitrogens with one attached hydrogen (secondary N) is 1. The Balaban J connectivity index is 1.96. The highest BCUT2D eigenvalue weighted by Gasteiger charge is 2.16. The summed E-state index contributed by atoms with van der Waals surface area (Å²) in [6.07, 6.45) is 0. The summed E-state index contributed by atoms with van der Waals surface area (Å²) < 4.78 is 1.13. The molecule has 0 unspecified atom stereocenters. The van der Waals surface area contributed by atoms with E-state index < -0.39 is 0 Å². The zero-order chi connectivity index (χ0) is 11.4. The number of thioether (sulfide) groups is 1. The van der Waals surface area contributed by atoms with Crippen LogP contribution < -0.4 is 5.32 Å². The molecule has 1 N–H and O–H groups in total. The van der Waals surface area contributed by atoms with Crippen molar-refractivity contribution in [3.05, 3.63) is 27.8 Å². The van der Waals surface area contributed by atoms with Crippen LogP contribution >= 0.6 is 34.4 Å². The number of amides is 2. The zero-order valence-electron chi connectivity index (χ0n) is 8.78. The number of nitrogens with zero attached hydrogens (tertiary/aromatic N) is 1. The van der Waals surface area contributed by atoms with Crippen molar-refractivity contribution in [1.82, 2.24) is 4.90 Å². The van der Waals surface area contributed by atoms with Crippen LogP contribution in [0, 0.1) is 3.57 Å². The first kappa shape index (κ1) is 12.0. The number of carbonyl (C=O) groups excluding carboxylic acids is 1. The molecule has 0 aliphatic carbocycles. The predicted molar refractivity (Wildman–Crippen MR) is 77.1 cm³/mol. The lowest BCUT2D eigenvalue weighted by molar-refractivity contribution is 0.217. The third kappa shape index (κ3) is 3.28. The summed E-state index contributed by atoms with van der Waals surface area (Å²) in [4.78, 5) is 13.8. The molecule has 1 saturated heterocycles. The van der Waals surface area contributed by atoms with Crippen molar-refractivity contribution < 1.29 is 4.79 Å². The van der Waals surface area contributed by atoms with E-state index in [1.54, 1.807) is 0 Å². The molecule has 0 spiro atoms. The van der Waals surface area contributed by atoms with Gasteiger partial charge in [0, 0.05) is 33.9 Å². The minimum Gasteiger partial charge on any atom is -0.323 e. The van der Waals surface area contributed by atoms with Gasteiger partial charge in [0.05, 0.1) is 0 Å². The Labute approximate surface area is 113 Å². The SMILES string of the molecule is O=C(Nc1cccc(I)c1)N1CCSCC1. The molecule has 0 saturated carbocycles. The van der Waals surface area contributed by atoms with Crippen molar-refractivity contribution in [3.8, 4) is 0 Å². The summed E-state index contributed by atoms with van der Waals surface area (Å²) >= 11 is 4.14. The van der Waals surface area contributed by atoms with E-state index in [-0.39, 0.29) is 6.03 Å². The van der Waals surface area contributed by atoms with E-state index in [9.17, 15) is 4.79 Å². The maximum Gasteiger partial charge on any atom is 0.321 e. The molecule has 86 valence electrons. The maximum atomic E-state index is 11.9. The van der Waals surface area contributed by atoms with Crippen molar-refractivity contribution in [2.75, 3.05) is 29.9 Å². The van der Waals surface area contributed by atoms with Gasteiger partial charge in [-0.05, 0) is 40.8 Å². The van der Waals surface area contributed by atoms with Crippen LogP contribution in [0.1, 0.15) is 0 Å². The molecule has 16 heavy (non-hydrogen) atoms. The molecule has 5 heteroatoms. The Morgan fingerprint density at radius 1 is 1.38 bits per heavy atom. The van der Waals surface area contributed by atoms with Gasteiger partial charge in [0.2, 0.25) is 0 Å². The largest absolute Gasteiger partial charge is 0.323 e. The highest BCUT2D eigenvalue weighted by Crippen LogP contribution is 2.14. The lowest BCUT2D eigenvalue weighted by atomic mass is 10.3. The number of halogens is 1. The molecule has 1 aromatic carbocycles. The van der Waals surface area contributed by atoms with Crippen LogP contribution in [-0.4, -0.2) is 35.5 Å². The van der Waals surface area contributed by atoms with Gasteiger partial charge in [-0.15, -0.1) is 0 Å². The van der Waals surface area contributed by atoms with Gasteiger partial charge < -0.3 is 10.2 Å². The molecule has 2 amide bonds. The van der Waals surface area contributed by atoms with Crippen molar-refractivity contribution >= 4 is 46.1 Å². The van der Waals surface area contributed by atoms with Crippen LogP contribution in [0.5, 0.6) is 0 Å². The Morgan fingerprint density at radius 2 is 2.12 bits per heavy atom. The molecular weight excluding hydrogens is 335 g/mol. The molecule has 0 atom stereocenters. The summed E-state index contributed by atoms with van der Waals surface area (Å²) in [5, 5.41) is 2.93. The van der Waals surface area contributed by atoms with E-state index in [2.05, 4.69) is 27.9 Å². The topological polar surface area (TPSA) is 32.3 Å². The molecule has 1 fully saturated rings. The van der Waals surface area contributed by atoms with E-state index in [1.807, 2.05) is 40.9 Å². The Hall–Kier alpha value is -0.430. The van der Waals surface area contributed by atoms with Gasteiger partial charge in [-0.2, -0.15) is 11.8 Å². The Morgan fingerprint density at radius 3 is 2.81 bits per heavy atom. The Bertz CT molecular complexity index is 380. The van der Waals surface area contributed by atoms with Crippen molar-refractivity contribution in [2.45, 2.75) is 0 Å². The quantitative estimate of drug-likeness (QED) is 0.792. The number of urea groups is 1. The maximum absolute atomic E-state index is 11.9.